The minimum absolute atomic E-state index is 0.0917. The molecule has 1 fully saturated rings. The molecular formula is C15H18N2O4. The molecule has 6 nitrogen and oxygen atoms in total. The van der Waals surface area contributed by atoms with Gasteiger partial charge in [-0.1, -0.05) is 24.3 Å². The molecule has 3 rings (SSSR count). The number of rotatable bonds is 2. The molecule has 0 saturated carbocycles. The van der Waals surface area contributed by atoms with E-state index in [4.69, 9.17) is 0 Å². The normalized spacial score (nSPS) is 28.2. The summed E-state index contributed by atoms with van der Waals surface area (Å²) in [5.41, 5.74) is 2.01. The third-order valence-electron chi connectivity index (χ3n) is 4.24. The van der Waals surface area contributed by atoms with E-state index in [0.717, 1.165) is 11.1 Å². The maximum atomic E-state index is 12.7. The average Bonchev–Trinajstić information content (AvgIpc) is 2.88. The van der Waals surface area contributed by atoms with Crippen LogP contribution in [0.25, 0.3) is 0 Å². The second-order valence-corrected chi connectivity index (χ2v) is 5.62. The summed E-state index contributed by atoms with van der Waals surface area (Å²) in [4.78, 5) is 25.3. The van der Waals surface area contributed by atoms with Gasteiger partial charge in [0.05, 0.1) is 12.0 Å². The van der Waals surface area contributed by atoms with E-state index in [2.05, 4.69) is 5.32 Å². The van der Waals surface area contributed by atoms with Crippen molar-refractivity contribution >= 4 is 11.9 Å². The number of benzene rings is 1. The largest absolute Gasteiger partial charge is 0.480 e. The van der Waals surface area contributed by atoms with Gasteiger partial charge >= 0.3 is 5.97 Å². The molecule has 2 aliphatic rings. The Balaban J connectivity index is 1.87. The number of aliphatic carboxylic acids is 1. The number of carboxylic acid groups (broad SMARTS) is 1. The van der Waals surface area contributed by atoms with Gasteiger partial charge in [-0.15, -0.1) is 0 Å². The van der Waals surface area contributed by atoms with Crippen LogP contribution < -0.4 is 5.32 Å². The molecular weight excluding hydrogens is 272 g/mol. The zero-order valence-corrected chi connectivity index (χ0v) is 11.5. The van der Waals surface area contributed by atoms with Crippen molar-refractivity contribution in [3.8, 4) is 0 Å². The minimum Gasteiger partial charge on any atom is -0.480 e. The summed E-state index contributed by atoms with van der Waals surface area (Å²) in [6, 6.07) is 6.77. The third kappa shape index (κ3) is 2.52. The summed E-state index contributed by atoms with van der Waals surface area (Å²) < 4.78 is 0. The Bertz CT molecular complexity index is 575. The number of hydrogen-bond acceptors (Lipinski definition) is 4. The summed E-state index contributed by atoms with van der Waals surface area (Å²) in [7, 11) is 0. The summed E-state index contributed by atoms with van der Waals surface area (Å²) in [6.45, 7) is 1.30. The van der Waals surface area contributed by atoms with Gasteiger partial charge in [0.1, 0.15) is 6.04 Å². The fourth-order valence-electron chi connectivity index (χ4n) is 3.21. The van der Waals surface area contributed by atoms with Crippen LogP contribution in [0.4, 0.5) is 0 Å². The van der Waals surface area contributed by atoms with Crippen molar-refractivity contribution in [3.05, 3.63) is 35.4 Å². The maximum absolute atomic E-state index is 12.7. The zero-order valence-electron chi connectivity index (χ0n) is 11.5. The first kappa shape index (κ1) is 14.0. The highest BCUT2D eigenvalue weighted by molar-refractivity contribution is 5.89. The molecule has 0 aromatic heterocycles. The molecule has 2 heterocycles. The number of aliphatic hydroxyl groups excluding tert-OH is 1. The van der Waals surface area contributed by atoms with E-state index in [1.165, 1.54) is 4.90 Å². The van der Waals surface area contributed by atoms with Crippen LogP contribution in [0.15, 0.2) is 24.3 Å². The van der Waals surface area contributed by atoms with Gasteiger partial charge in [0.25, 0.3) is 0 Å². The molecule has 1 aromatic carbocycles. The zero-order chi connectivity index (χ0) is 15.0. The fourth-order valence-corrected chi connectivity index (χ4v) is 3.21. The summed E-state index contributed by atoms with van der Waals surface area (Å²) in [5, 5.41) is 22.1. The predicted octanol–water partition coefficient (Wildman–Crippen LogP) is -0.0802. The highest BCUT2D eigenvalue weighted by Gasteiger charge is 2.42. The lowest BCUT2D eigenvalue weighted by atomic mass is 9.89. The van der Waals surface area contributed by atoms with Crippen molar-refractivity contribution in [1.82, 2.24) is 10.2 Å². The second-order valence-electron chi connectivity index (χ2n) is 5.62. The van der Waals surface area contributed by atoms with E-state index in [1.54, 1.807) is 0 Å². The van der Waals surface area contributed by atoms with Crippen molar-refractivity contribution in [1.29, 1.82) is 0 Å². The molecule has 112 valence electrons. The van der Waals surface area contributed by atoms with Crippen LogP contribution in [0.2, 0.25) is 0 Å². The first-order chi connectivity index (χ1) is 10.1. The quantitative estimate of drug-likeness (QED) is 0.709. The predicted molar refractivity (Wildman–Crippen MR) is 74.7 cm³/mol. The first-order valence-corrected chi connectivity index (χ1v) is 7.08. The van der Waals surface area contributed by atoms with Gasteiger partial charge < -0.3 is 20.4 Å². The molecule has 0 radical (unpaired) electrons. The molecule has 0 spiro atoms. The van der Waals surface area contributed by atoms with Gasteiger partial charge in [-0.25, -0.2) is 4.79 Å². The number of nitrogens with one attached hydrogen (secondary N) is 1. The lowest BCUT2D eigenvalue weighted by molar-refractivity contribution is -0.148. The molecule has 1 aromatic rings. The number of aliphatic hydroxyl groups is 1. The molecule has 3 atom stereocenters. The van der Waals surface area contributed by atoms with E-state index in [-0.39, 0.29) is 24.8 Å². The van der Waals surface area contributed by atoms with Crippen LogP contribution in [0.5, 0.6) is 0 Å². The Labute approximate surface area is 122 Å². The van der Waals surface area contributed by atoms with Crippen LogP contribution >= 0.6 is 0 Å². The monoisotopic (exact) mass is 290 g/mol. The minimum atomic E-state index is -1.06. The number of nitrogens with zero attached hydrogens (tertiary/aromatic N) is 1. The Kier molecular flexibility index (Phi) is 3.65. The first-order valence-electron chi connectivity index (χ1n) is 7.08. The topological polar surface area (TPSA) is 89.9 Å². The third-order valence-corrected chi connectivity index (χ3v) is 4.24. The average molecular weight is 290 g/mol. The van der Waals surface area contributed by atoms with E-state index in [9.17, 15) is 19.8 Å². The number of carboxylic acids is 1. The highest BCUT2D eigenvalue weighted by atomic mass is 16.4. The Morgan fingerprint density at radius 1 is 1.29 bits per heavy atom. The fraction of sp³-hybridized carbons (Fsp3) is 0.467. The second kappa shape index (κ2) is 5.46. The van der Waals surface area contributed by atoms with Crippen molar-refractivity contribution in [2.24, 2.45) is 0 Å². The number of fused-ring (bicyclic) bond motifs is 1. The van der Waals surface area contributed by atoms with Crippen molar-refractivity contribution in [2.45, 2.75) is 31.0 Å². The number of amides is 1. The Morgan fingerprint density at radius 3 is 2.81 bits per heavy atom. The molecule has 1 saturated heterocycles. The number of β-amino-alcohol motifs (C(OH)–C–C–N with tert-alkyl or cyclic N) is 1. The van der Waals surface area contributed by atoms with Crippen LogP contribution in [-0.4, -0.2) is 52.2 Å². The number of carbonyl (C=O) groups excluding carboxylic acids is 1. The van der Waals surface area contributed by atoms with Gasteiger partial charge in [0, 0.05) is 26.1 Å². The van der Waals surface area contributed by atoms with Gasteiger partial charge in [0.2, 0.25) is 5.91 Å². The molecule has 0 aliphatic carbocycles. The molecule has 2 aliphatic heterocycles. The van der Waals surface area contributed by atoms with E-state index < -0.39 is 18.1 Å². The van der Waals surface area contributed by atoms with Gasteiger partial charge in [-0.3, -0.25) is 4.79 Å². The summed E-state index contributed by atoms with van der Waals surface area (Å²) in [5.74, 6) is -1.67. The molecule has 0 bridgehead atoms. The molecule has 21 heavy (non-hydrogen) atoms. The lowest BCUT2D eigenvalue weighted by Crippen LogP contribution is -2.46. The number of hydrogen-bond donors (Lipinski definition) is 3. The van der Waals surface area contributed by atoms with E-state index in [0.29, 0.717) is 13.1 Å². The van der Waals surface area contributed by atoms with Gasteiger partial charge in [-0.2, -0.15) is 0 Å². The van der Waals surface area contributed by atoms with Crippen molar-refractivity contribution in [2.75, 3.05) is 13.1 Å². The SMILES string of the molecule is O=C(O)[C@H]1C[C@@H](O)CN1C(=O)C1CNCc2ccccc21. The molecule has 6 heteroatoms. The highest BCUT2D eigenvalue weighted by Crippen LogP contribution is 2.29. The Hall–Kier alpha value is -1.92. The number of likely N-dealkylation sites (tertiary alicyclic amines) is 1. The summed E-state index contributed by atoms with van der Waals surface area (Å²) in [6.07, 6.45) is -0.662. The van der Waals surface area contributed by atoms with Crippen LogP contribution in [0.3, 0.4) is 0 Å². The van der Waals surface area contributed by atoms with Gasteiger partial charge in [0.15, 0.2) is 0 Å². The van der Waals surface area contributed by atoms with Crippen LogP contribution in [-0.2, 0) is 16.1 Å². The maximum Gasteiger partial charge on any atom is 0.326 e. The van der Waals surface area contributed by atoms with Crippen molar-refractivity contribution in [3.63, 3.8) is 0 Å². The molecule has 3 N–H and O–H groups in total. The summed E-state index contributed by atoms with van der Waals surface area (Å²) >= 11 is 0. The van der Waals surface area contributed by atoms with E-state index in [1.807, 2.05) is 24.3 Å². The number of carbonyl (C=O) groups is 2. The van der Waals surface area contributed by atoms with E-state index >= 15 is 0 Å². The smallest absolute Gasteiger partial charge is 0.326 e. The Morgan fingerprint density at radius 2 is 2.05 bits per heavy atom. The van der Waals surface area contributed by atoms with Gasteiger partial charge in [-0.05, 0) is 11.1 Å². The van der Waals surface area contributed by atoms with Crippen molar-refractivity contribution < 1.29 is 19.8 Å². The standard InChI is InChI=1S/C15H18N2O4/c18-10-5-13(15(20)21)17(8-10)14(19)12-7-16-6-9-3-1-2-4-11(9)12/h1-4,10,12-13,16,18H,5-8H2,(H,20,21)/t10-,12?,13-/m1/s1. The molecule has 1 unspecified atom stereocenters. The molecule has 1 amide bonds. The van der Waals surface area contributed by atoms with Crippen LogP contribution in [0, 0.1) is 0 Å². The lowest BCUT2D eigenvalue weighted by Gasteiger charge is -2.30. The van der Waals surface area contributed by atoms with Crippen LogP contribution in [0.1, 0.15) is 23.5 Å².